The van der Waals surface area contributed by atoms with Crippen LogP contribution in [0.4, 0.5) is 5.69 Å². The molecule has 2 aromatic rings. The average Bonchev–Trinajstić information content (AvgIpc) is 2.41. The summed E-state index contributed by atoms with van der Waals surface area (Å²) in [6, 6.07) is 15.0. The van der Waals surface area contributed by atoms with Crippen LogP contribution in [0.1, 0.15) is 5.56 Å². The Bertz CT molecular complexity index is 695. The smallest absolute Gasteiger partial charge is 0.261 e. The fourth-order valence-corrected chi connectivity index (χ4v) is 2.80. The predicted octanol–water partition coefficient (Wildman–Crippen LogP) is 1.97. The van der Waals surface area contributed by atoms with Gasteiger partial charge in [-0.3, -0.25) is 10.1 Å². The summed E-state index contributed by atoms with van der Waals surface area (Å²) in [4.78, 5) is 0.216. The molecule has 0 saturated heterocycles. The Morgan fingerprint density at radius 1 is 1.05 bits per heavy atom. The van der Waals surface area contributed by atoms with E-state index in [0.29, 0.717) is 12.1 Å². The minimum atomic E-state index is -3.57. The lowest BCUT2D eigenvalue weighted by molar-refractivity contribution is 0.601. The highest BCUT2D eigenvalue weighted by atomic mass is 32.2. The topological polar surface area (TPSA) is 96.0 Å². The number of benzene rings is 2. The molecule has 20 heavy (non-hydrogen) atoms. The lowest BCUT2D eigenvalue weighted by Gasteiger charge is -2.08. The van der Waals surface area contributed by atoms with Gasteiger partial charge in [-0.15, -0.1) is 0 Å². The molecule has 5 nitrogen and oxygen atoms in total. The molecule has 0 spiro atoms. The molecule has 0 aliphatic heterocycles. The number of rotatable bonds is 5. The maximum atomic E-state index is 12.1. The second kappa shape index (κ2) is 5.75. The fourth-order valence-electron chi connectivity index (χ4n) is 1.72. The molecule has 0 unspecified atom stereocenters. The summed E-state index contributed by atoms with van der Waals surface area (Å²) in [6.07, 6.45) is 0.353. The van der Waals surface area contributed by atoms with Crippen LogP contribution < -0.4 is 10.5 Å². The Labute approximate surface area is 118 Å². The zero-order chi connectivity index (χ0) is 14.6. The Balaban J connectivity index is 2.16. The van der Waals surface area contributed by atoms with Crippen LogP contribution in [0.25, 0.3) is 0 Å². The number of hydrogen-bond acceptors (Lipinski definition) is 3. The number of amidine groups is 1. The van der Waals surface area contributed by atoms with Crippen molar-refractivity contribution in [2.75, 3.05) is 4.72 Å². The van der Waals surface area contributed by atoms with Gasteiger partial charge in [0.1, 0.15) is 0 Å². The first kappa shape index (κ1) is 14.1. The first-order valence-corrected chi connectivity index (χ1v) is 7.45. The average molecular weight is 289 g/mol. The zero-order valence-electron chi connectivity index (χ0n) is 10.7. The molecule has 0 heterocycles. The summed E-state index contributed by atoms with van der Waals surface area (Å²) in [5, 5.41) is 7.21. The van der Waals surface area contributed by atoms with Crippen LogP contribution in [0.2, 0.25) is 0 Å². The van der Waals surface area contributed by atoms with Crippen molar-refractivity contribution in [3.05, 3.63) is 60.2 Å². The molecule has 2 rings (SSSR count). The van der Waals surface area contributed by atoms with Crippen molar-refractivity contribution < 1.29 is 8.42 Å². The van der Waals surface area contributed by atoms with Gasteiger partial charge in [0, 0.05) is 12.1 Å². The van der Waals surface area contributed by atoms with E-state index in [1.54, 1.807) is 42.5 Å². The monoisotopic (exact) mass is 289 g/mol. The Hall–Kier alpha value is -2.34. The summed E-state index contributed by atoms with van der Waals surface area (Å²) < 4.78 is 26.7. The van der Waals surface area contributed by atoms with Gasteiger partial charge in [-0.2, -0.15) is 0 Å². The third kappa shape index (κ3) is 3.58. The summed E-state index contributed by atoms with van der Waals surface area (Å²) in [6.45, 7) is 0. The number of anilines is 1. The highest BCUT2D eigenvalue weighted by molar-refractivity contribution is 7.92. The van der Waals surface area contributed by atoms with Crippen LogP contribution in [-0.4, -0.2) is 14.3 Å². The van der Waals surface area contributed by atoms with Gasteiger partial charge in [-0.1, -0.05) is 30.3 Å². The maximum absolute atomic E-state index is 12.1. The highest BCUT2D eigenvalue weighted by Gasteiger charge is 2.13. The summed E-state index contributed by atoms with van der Waals surface area (Å²) >= 11 is 0. The lowest BCUT2D eigenvalue weighted by atomic mass is 10.1. The Morgan fingerprint density at radius 3 is 2.20 bits per heavy atom. The normalized spacial score (nSPS) is 11.0. The van der Waals surface area contributed by atoms with Gasteiger partial charge >= 0.3 is 0 Å². The molecule has 0 aliphatic rings. The molecule has 0 saturated carbocycles. The lowest BCUT2D eigenvalue weighted by Crippen LogP contribution is -2.14. The second-order valence-electron chi connectivity index (χ2n) is 4.32. The molecule has 0 radical (unpaired) electrons. The summed E-state index contributed by atoms with van der Waals surface area (Å²) in [7, 11) is -3.57. The van der Waals surface area contributed by atoms with Gasteiger partial charge in [0.2, 0.25) is 0 Å². The number of sulfonamides is 1. The largest absolute Gasteiger partial charge is 0.387 e. The van der Waals surface area contributed by atoms with E-state index in [0.717, 1.165) is 5.56 Å². The van der Waals surface area contributed by atoms with E-state index in [-0.39, 0.29) is 10.7 Å². The van der Waals surface area contributed by atoms with E-state index < -0.39 is 10.0 Å². The Morgan fingerprint density at radius 2 is 1.65 bits per heavy atom. The molecule has 4 N–H and O–H groups in total. The van der Waals surface area contributed by atoms with Crippen LogP contribution >= 0.6 is 0 Å². The van der Waals surface area contributed by atoms with Gasteiger partial charge in [0.05, 0.1) is 10.7 Å². The molecule has 0 aromatic heterocycles. The maximum Gasteiger partial charge on any atom is 0.261 e. The van der Waals surface area contributed by atoms with E-state index in [1.807, 2.05) is 0 Å². The van der Waals surface area contributed by atoms with Crippen LogP contribution in [0.5, 0.6) is 0 Å². The molecule has 0 bridgehead atoms. The summed E-state index contributed by atoms with van der Waals surface area (Å²) in [5.41, 5.74) is 6.65. The summed E-state index contributed by atoms with van der Waals surface area (Å²) in [5.74, 6) is 0.0719. The van der Waals surface area contributed by atoms with E-state index >= 15 is 0 Å². The van der Waals surface area contributed by atoms with E-state index in [2.05, 4.69) is 4.72 Å². The molecule has 0 aliphatic carbocycles. The second-order valence-corrected chi connectivity index (χ2v) is 6.00. The third-order valence-corrected chi connectivity index (χ3v) is 4.05. The standard InChI is InChI=1S/C14H15N3O2S/c15-14(16)10-11-6-8-12(9-7-11)17-20(18,19)13-4-2-1-3-5-13/h1-9,17H,10H2,(H3,15,16). The van der Waals surface area contributed by atoms with Gasteiger partial charge in [-0.05, 0) is 29.8 Å². The van der Waals surface area contributed by atoms with E-state index in [1.165, 1.54) is 12.1 Å². The third-order valence-electron chi connectivity index (χ3n) is 2.65. The first-order valence-electron chi connectivity index (χ1n) is 5.97. The molecular formula is C14H15N3O2S. The zero-order valence-corrected chi connectivity index (χ0v) is 11.5. The van der Waals surface area contributed by atoms with Crippen molar-refractivity contribution in [2.24, 2.45) is 5.73 Å². The van der Waals surface area contributed by atoms with Crippen molar-refractivity contribution in [3.8, 4) is 0 Å². The Kier molecular flexibility index (Phi) is 4.05. The number of nitrogens with two attached hydrogens (primary N) is 1. The van der Waals surface area contributed by atoms with Crippen molar-refractivity contribution in [2.45, 2.75) is 11.3 Å². The molecule has 6 heteroatoms. The SMILES string of the molecule is N=C(N)Cc1ccc(NS(=O)(=O)c2ccccc2)cc1. The van der Waals surface area contributed by atoms with Crippen molar-refractivity contribution in [3.63, 3.8) is 0 Å². The van der Waals surface area contributed by atoms with Crippen molar-refractivity contribution in [1.82, 2.24) is 0 Å². The molecule has 0 amide bonds. The van der Waals surface area contributed by atoms with Gasteiger partial charge in [-0.25, -0.2) is 8.42 Å². The minimum Gasteiger partial charge on any atom is -0.387 e. The van der Waals surface area contributed by atoms with Gasteiger partial charge in [0.15, 0.2) is 0 Å². The van der Waals surface area contributed by atoms with Gasteiger partial charge in [0.25, 0.3) is 10.0 Å². The molecular weight excluding hydrogens is 274 g/mol. The van der Waals surface area contributed by atoms with Crippen LogP contribution in [-0.2, 0) is 16.4 Å². The predicted molar refractivity (Wildman–Crippen MR) is 79.3 cm³/mol. The molecule has 0 atom stereocenters. The van der Waals surface area contributed by atoms with Crippen LogP contribution in [0.15, 0.2) is 59.5 Å². The van der Waals surface area contributed by atoms with E-state index in [9.17, 15) is 8.42 Å². The minimum absolute atomic E-state index is 0.0719. The van der Waals surface area contributed by atoms with Crippen LogP contribution in [0.3, 0.4) is 0 Å². The molecule has 104 valence electrons. The van der Waals surface area contributed by atoms with Gasteiger partial charge < -0.3 is 5.73 Å². The van der Waals surface area contributed by atoms with Crippen molar-refractivity contribution >= 4 is 21.5 Å². The molecule has 2 aromatic carbocycles. The quantitative estimate of drug-likeness (QED) is 0.580. The van der Waals surface area contributed by atoms with Crippen LogP contribution in [0, 0.1) is 5.41 Å². The first-order chi connectivity index (χ1) is 9.47. The number of hydrogen-bond donors (Lipinski definition) is 3. The fraction of sp³-hybridized carbons (Fsp3) is 0.0714. The van der Waals surface area contributed by atoms with E-state index in [4.69, 9.17) is 11.1 Å². The molecule has 0 fully saturated rings. The van der Waals surface area contributed by atoms with Crippen molar-refractivity contribution in [1.29, 1.82) is 5.41 Å². The highest BCUT2D eigenvalue weighted by Crippen LogP contribution is 2.16. The number of nitrogens with one attached hydrogen (secondary N) is 2.